The fraction of sp³-hybridized carbons (Fsp3) is 0.476. The summed E-state index contributed by atoms with van der Waals surface area (Å²) < 4.78 is 16.4. The number of aliphatic hydroxyl groups is 1. The molecule has 29 heavy (non-hydrogen) atoms. The van der Waals surface area contributed by atoms with E-state index < -0.39 is 40.8 Å². The maximum absolute atomic E-state index is 13.0. The van der Waals surface area contributed by atoms with Gasteiger partial charge in [-0.1, -0.05) is 6.07 Å². The molecule has 1 heterocycles. The lowest BCUT2D eigenvalue weighted by Gasteiger charge is -2.33. The Labute approximate surface area is 169 Å². The van der Waals surface area contributed by atoms with Gasteiger partial charge in [0.25, 0.3) is 0 Å². The number of carbonyl (C=O) groups is 3. The first-order valence-corrected chi connectivity index (χ1v) is 9.04. The third-order valence-corrected chi connectivity index (χ3v) is 3.81. The molecule has 1 aliphatic rings. The molecule has 0 amide bonds. The van der Waals surface area contributed by atoms with Gasteiger partial charge in [0.05, 0.1) is 0 Å². The summed E-state index contributed by atoms with van der Waals surface area (Å²) in [5, 5.41) is 19.7. The SMILES string of the molecule is CC(C)(C)OC(=O)C1(C(=O)OC(C)(C)C)Oc2ccc(/C=C/C(=O)O)cc2C1O. The van der Waals surface area contributed by atoms with E-state index in [1.807, 2.05) is 0 Å². The number of hydrogen-bond acceptors (Lipinski definition) is 7. The zero-order valence-electron chi connectivity index (χ0n) is 17.3. The minimum Gasteiger partial charge on any atom is -0.478 e. The van der Waals surface area contributed by atoms with Crippen molar-refractivity contribution in [2.45, 2.75) is 64.4 Å². The number of hydrogen-bond donors (Lipinski definition) is 2. The second-order valence-corrected chi connectivity index (χ2v) is 8.71. The molecule has 158 valence electrons. The van der Waals surface area contributed by atoms with Gasteiger partial charge in [-0.05, 0) is 65.3 Å². The number of carboxylic acid groups (broad SMARTS) is 1. The molecule has 0 saturated carbocycles. The summed E-state index contributed by atoms with van der Waals surface area (Å²) in [6, 6.07) is 4.41. The maximum Gasteiger partial charge on any atom is 0.366 e. The topological polar surface area (TPSA) is 119 Å². The van der Waals surface area contributed by atoms with Crippen LogP contribution in [0.3, 0.4) is 0 Å². The number of carboxylic acids is 1. The zero-order chi connectivity index (χ0) is 22.2. The van der Waals surface area contributed by atoms with E-state index in [0.29, 0.717) is 5.56 Å². The Morgan fingerprint density at radius 3 is 2.00 bits per heavy atom. The van der Waals surface area contributed by atoms with Crippen molar-refractivity contribution in [1.29, 1.82) is 0 Å². The highest BCUT2D eigenvalue weighted by molar-refractivity contribution is 6.06. The molecule has 1 aliphatic heterocycles. The van der Waals surface area contributed by atoms with Gasteiger partial charge in [-0.25, -0.2) is 14.4 Å². The minimum atomic E-state index is -2.43. The average molecular weight is 406 g/mol. The molecule has 0 radical (unpaired) electrons. The van der Waals surface area contributed by atoms with Crippen molar-refractivity contribution in [2.75, 3.05) is 0 Å². The predicted octanol–water partition coefficient (Wildman–Crippen LogP) is 2.63. The molecule has 2 rings (SSSR count). The lowest BCUT2D eigenvalue weighted by molar-refractivity contribution is -0.200. The van der Waals surface area contributed by atoms with Crippen LogP contribution in [0.25, 0.3) is 6.08 Å². The van der Waals surface area contributed by atoms with E-state index >= 15 is 0 Å². The standard InChI is InChI=1S/C21H26O8/c1-19(2,3)28-17(25)21(18(26)29-20(4,5)6)16(24)13-11-12(8-10-15(22)23)7-9-14(13)27-21/h7-11,16,24H,1-6H3,(H,22,23)/b10-8+. The number of ether oxygens (including phenoxy) is 3. The van der Waals surface area contributed by atoms with Gasteiger partial charge in [-0.15, -0.1) is 0 Å². The maximum atomic E-state index is 13.0. The van der Waals surface area contributed by atoms with Gasteiger partial charge in [0.2, 0.25) is 0 Å². The molecular formula is C21H26O8. The Hall–Kier alpha value is -2.87. The van der Waals surface area contributed by atoms with Crippen molar-refractivity contribution in [3.05, 3.63) is 35.4 Å². The molecule has 1 atom stereocenters. The van der Waals surface area contributed by atoms with Gasteiger partial charge in [-0.3, -0.25) is 0 Å². The average Bonchev–Trinajstić information content (AvgIpc) is 2.83. The fourth-order valence-corrected chi connectivity index (χ4v) is 2.69. The molecule has 8 heteroatoms. The van der Waals surface area contributed by atoms with Crippen molar-refractivity contribution in [2.24, 2.45) is 0 Å². The smallest absolute Gasteiger partial charge is 0.366 e. The van der Waals surface area contributed by atoms with Crippen LogP contribution in [-0.4, -0.2) is 44.9 Å². The van der Waals surface area contributed by atoms with E-state index in [0.717, 1.165) is 6.08 Å². The highest BCUT2D eigenvalue weighted by Gasteiger charge is 2.64. The van der Waals surface area contributed by atoms with E-state index in [1.165, 1.54) is 24.3 Å². The van der Waals surface area contributed by atoms with E-state index in [4.69, 9.17) is 19.3 Å². The second kappa shape index (κ2) is 7.51. The summed E-state index contributed by atoms with van der Waals surface area (Å²) in [5.41, 5.74) is -3.73. The first kappa shape index (κ1) is 22.4. The molecule has 0 spiro atoms. The van der Waals surface area contributed by atoms with Crippen molar-refractivity contribution < 1.29 is 38.8 Å². The summed E-state index contributed by atoms with van der Waals surface area (Å²) >= 11 is 0. The molecule has 2 N–H and O–H groups in total. The van der Waals surface area contributed by atoms with Gasteiger partial charge >= 0.3 is 23.5 Å². The van der Waals surface area contributed by atoms with Crippen LogP contribution < -0.4 is 4.74 Å². The molecule has 0 fully saturated rings. The zero-order valence-corrected chi connectivity index (χ0v) is 17.3. The molecule has 0 bridgehead atoms. The molecular weight excluding hydrogens is 380 g/mol. The van der Waals surface area contributed by atoms with Gasteiger partial charge < -0.3 is 24.4 Å². The second-order valence-electron chi connectivity index (χ2n) is 8.71. The molecule has 0 saturated heterocycles. The summed E-state index contributed by atoms with van der Waals surface area (Å²) in [6.45, 7) is 9.73. The number of carbonyl (C=O) groups excluding carboxylic acids is 2. The fourth-order valence-electron chi connectivity index (χ4n) is 2.69. The monoisotopic (exact) mass is 406 g/mol. The van der Waals surface area contributed by atoms with Crippen LogP contribution in [0.4, 0.5) is 0 Å². The normalized spacial score (nSPS) is 18.1. The number of esters is 2. The van der Waals surface area contributed by atoms with Gasteiger partial charge in [0, 0.05) is 11.6 Å². The molecule has 8 nitrogen and oxygen atoms in total. The number of fused-ring (bicyclic) bond motifs is 1. The molecule has 1 aromatic carbocycles. The molecule has 1 aromatic rings. The summed E-state index contributed by atoms with van der Waals surface area (Å²) in [5.74, 6) is -3.20. The van der Waals surface area contributed by atoms with Crippen molar-refractivity contribution >= 4 is 24.0 Å². The first-order valence-electron chi connectivity index (χ1n) is 9.04. The van der Waals surface area contributed by atoms with Gasteiger partial charge in [-0.2, -0.15) is 0 Å². The summed E-state index contributed by atoms with van der Waals surface area (Å²) in [4.78, 5) is 36.7. The Morgan fingerprint density at radius 1 is 1.03 bits per heavy atom. The van der Waals surface area contributed by atoms with E-state index in [2.05, 4.69) is 0 Å². The highest BCUT2D eigenvalue weighted by Crippen LogP contribution is 2.46. The quantitative estimate of drug-likeness (QED) is 0.445. The highest BCUT2D eigenvalue weighted by atomic mass is 16.6. The van der Waals surface area contributed by atoms with Crippen LogP contribution in [0.5, 0.6) is 5.75 Å². The number of aliphatic hydroxyl groups excluding tert-OH is 1. The number of benzene rings is 1. The van der Waals surface area contributed by atoms with Crippen LogP contribution >= 0.6 is 0 Å². The lowest BCUT2D eigenvalue weighted by Crippen LogP contribution is -2.57. The van der Waals surface area contributed by atoms with E-state index in [1.54, 1.807) is 41.5 Å². The van der Waals surface area contributed by atoms with Crippen molar-refractivity contribution in [1.82, 2.24) is 0 Å². The van der Waals surface area contributed by atoms with Crippen LogP contribution in [-0.2, 0) is 23.9 Å². The first-order chi connectivity index (χ1) is 13.2. The van der Waals surface area contributed by atoms with Crippen LogP contribution in [0.1, 0.15) is 58.8 Å². The third kappa shape index (κ3) is 4.95. The number of aliphatic carboxylic acids is 1. The molecule has 1 unspecified atom stereocenters. The molecule has 0 aromatic heterocycles. The number of rotatable bonds is 4. The summed E-state index contributed by atoms with van der Waals surface area (Å²) in [6.07, 6.45) is 0.537. The Bertz CT molecular complexity index is 826. The van der Waals surface area contributed by atoms with Crippen molar-refractivity contribution in [3.8, 4) is 5.75 Å². The van der Waals surface area contributed by atoms with Crippen molar-refractivity contribution in [3.63, 3.8) is 0 Å². The Kier molecular flexibility index (Phi) is 5.81. The largest absolute Gasteiger partial charge is 0.478 e. The lowest BCUT2D eigenvalue weighted by atomic mass is 9.92. The van der Waals surface area contributed by atoms with E-state index in [9.17, 15) is 19.5 Å². The molecule has 0 aliphatic carbocycles. The Morgan fingerprint density at radius 2 is 1.55 bits per heavy atom. The summed E-state index contributed by atoms with van der Waals surface area (Å²) in [7, 11) is 0. The van der Waals surface area contributed by atoms with Gasteiger partial charge in [0.15, 0.2) is 0 Å². The third-order valence-electron chi connectivity index (χ3n) is 3.81. The minimum absolute atomic E-state index is 0.0988. The predicted molar refractivity (Wildman–Crippen MR) is 103 cm³/mol. The van der Waals surface area contributed by atoms with Gasteiger partial charge in [0.1, 0.15) is 23.1 Å². The van der Waals surface area contributed by atoms with Crippen LogP contribution in [0, 0.1) is 0 Å². The van der Waals surface area contributed by atoms with Crippen LogP contribution in [0.15, 0.2) is 24.3 Å². The van der Waals surface area contributed by atoms with E-state index in [-0.39, 0.29) is 11.3 Å². The Balaban J connectivity index is 2.52. The van der Waals surface area contributed by atoms with Crippen LogP contribution in [0.2, 0.25) is 0 Å².